The van der Waals surface area contributed by atoms with Crippen molar-refractivity contribution in [1.82, 2.24) is 0 Å². The van der Waals surface area contributed by atoms with E-state index in [1.54, 1.807) is 0 Å². The molecule has 1 aromatic carbocycles. The van der Waals surface area contributed by atoms with Gasteiger partial charge in [0.1, 0.15) is 5.75 Å². The summed E-state index contributed by atoms with van der Waals surface area (Å²) in [4.78, 5) is 10.7. The molecule has 0 aliphatic rings. The van der Waals surface area contributed by atoms with Gasteiger partial charge in [0, 0.05) is 12.1 Å². The molecule has 0 aliphatic carbocycles. The highest BCUT2D eigenvalue weighted by Crippen LogP contribution is 2.29. The van der Waals surface area contributed by atoms with Crippen molar-refractivity contribution in [1.29, 1.82) is 0 Å². The Morgan fingerprint density at radius 2 is 2.15 bits per heavy atom. The quantitative estimate of drug-likeness (QED) is 0.407. The van der Waals surface area contributed by atoms with Crippen LogP contribution in [0.5, 0.6) is 17.2 Å². The average molecular weight is 180 g/mol. The fourth-order valence-electron chi connectivity index (χ4n) is 0.742. The molecule has 4 nitrogen and oxygen atoms in total. The SMILES string of the molecule is C=CC(=O)Oc1ccc(O)cc1O. The highest BCUT2D eigenvalue weighted by Gasteiger charge is 2.05. The smallest absolute Gasteiger partial charge is 0.335 e. The van der Waals surface area contributed by atoms with E-state index < -0.39 is 5.97 Å². The number of hydrogen-bond acceptors (Lipinski definition) is 4. The summed E-state index contributed by atoms with van der Waals surface area (Å²) in [5.74, 6) is -1.07. The summed E-state index contributed by atoms with van der Waals surface area (Å²) < 4.78 is 4.63. The Hall–Kier alpha value is -1.97. The molecule has 0 radical (unpaired) electrons. The van der Waals surface area contributed by atoms with Crippen LogP contribution in [0.15, 0.2) is 30.9 Å². The predicted octanol–water partition coefficient (Wildman–Crippen LogP) is 1.19. The highest BCUT2D eigenvalue weighted by molar-refractivity contribution is 5.83. The van der Waals surface area contributed by atoms with Gasteiger partial charge in [-0.25, -0.2) is 4.79 Å². The van der Waals surface area contributed by atoms with E-state index in [4.69, 9.17) is 10.2 Å². The molecule has 1 aromatic rings. The summed E-state index contributed by atoms with van der Waals surface area (Å²) in [6.07, 6.45) is 0.978. The Bertz CT molecular complexity index is 343. The molecule has 0 heterocycles. The lowest BCUT2D eigenvalue weighted by Gasteiger charge is -2.03. The molecular formula is C9H8O4. The molecule has 0 aliphatic heterocycles. The molecule has 0 atom stereocenters. The number of ether oxygens (including phenoxy) is 1. The Labute approximate surface area is 74.7 Å². The minimum absolute atomic E-state index is 0.0114. The van der Waals surface area contributed by atoms with Gasteiger partial charge < -0.3 is 14.9 Å². The van der Waals surface area contributed by atoms with Crippen molar-refractivity contribution < 1.29 is 19.7 Å². The van der Waals surface area contributed by atoms with E-state index in [9.17, 15) is 4.79 Å². The molecule has 0 bridgehead atoms. The topological polar surface area (TPSA) is 66.8 Å². The Morgan fingerprint density at radius 3 is 2.69 bits per heavy atom. The zero-order chi connectivity index (χ0) is 9.84. The van der Waals surface area contributed by atoms with E-state index in [1.807, 2.05) is 0 Å². The van der Waals surface area contributed by atoms with Gasteiger partial charge in [0.15, 0.2) is 11.5 Å². The molecule has 2 N–H and O–H groups in total. The third-order valence-electron chi connectivity index (χ3n) is 1.32. The molecule has 0 amide bonds. The average Bonchev–Trinajstić information content (AvgIpc) is 2.09. The van der Waals surface area contributed by atoms with Crippen molar-refractivity contribution in [3.05, 3.63) is 30.9 Å². The van der Waals surface area contributed by atoms with Gasteiger partial charge >= 0.3 is 5.97 Å². The monoisotopic (exact) mass is 180 g/mol. The van der Waals surface area contributed by atoms with E-state index in [0.717, 1.165) is 12.1 Å². The van der Waals surface area contributed by atoms with Gasteiger partial charge in [-0.15, -0.1) is 0 Å². The molecule has 0 aromatic heterocycles. The molecular weight excluding hydrogens is 172 g/mol. The first kappa shape index (κ1) is 9.12. The molecule has 0 saturated heterocycles. The molecule has 0 unspecified atom stereocenters. The molecule has 68 valence electrons. The van der Waals surface area contributed by atoms with Crippen LogP contribution >= 0.6 is 0 Å². The van der Waals surface area contributed by atoms with Crippen molar-refractivity contribution in [2.45, 2.75) is 0 Å². The van der Waals surface area contributed by atoms with E-state index in [1.165, 1.54) is 12.1 Å². The van der Waals surface area contributed by atoms with Crippen molar-refractivity contribution in [2.75, 3.05) is 0 Å². The van der Waals surface area contributed by atoms with Gasteiger partial charge in [0.2, 0.25) is 0 Å². The van der Waals surface area contributed by atoms with Crippen LogP contribution < -0.4 is 4.74 Å². The molecule has 0 saturated carbocycles. The Balaban J connectivity index is 2.89. The van der Waals surface area contributed by atoms with Crippen molar-refractivity contribution in [2.24, 2.45) is 0 Å². The number of benzene rings is 1. The fraction of sp³-hybridized carbons (Fsp3) is 0. The molecule has 4 heteroatoms. The van der Waals surface area contributed by atoms with Crippen LogP contribution in [0, 0.1) is 0 Å². The number of rotatable bonds is 2. The number of esters is 1. The number of carbonyl (C=O) groups excluding carboxylic acids is 1. The maximum atomic E-state index is 10.7. The third kappa shape index (κ3) is 2.23. The zero-order valence-corrected chi connectivity index (χ0v) is 6.73. The number of carbonyl (C=O) groups is 1. The zero-order valence-electron chi connectivity index (χ0n) is 6.73. The largest absolute Gasteiger partial charge is 0.508 e. The first-order valence-electron chi connectivity index (χ1n) is 3.49. The van der Waals surface area contributed by atoms with Gasteiger partial charge in [-0.3, -0.25) is 0 Å². The molecule has 13 heavy (non-hydrogen) atoms. The summed E-state index contributed by atoms with van der Waals surface area (Å²) in [7, 11) is 0. The summed E-state index contributed by atoms with van der Waals surface area (Å²) in [6, 6.07) is 3.66. The summed E-state index contributed by atoms with van der Waals surface area (Å²) in [5, 5.41) is 18.1. The lowest BCUT2D eigenvalue weighted by Crippen LogP contribution is -2.02. The third-order valence-corrected chi connectivity index (χ3v) is 1.32. The number of phenolic OH excluding ortho intramolecular Hbond substituents is 2. The normalized spacial score (nSPS) is 9.23. The minimum Gasteiger partial charge on any atom is -0.508 e. The van der Waals surface area contributed by atoms with Gasteiger partial charge in [0.25, 0.3) is 0 Å². The summed E-state index contributed by atoms with van der Waals surface area (Å²) >= 11 is 0. The fourth-order valence-corrected chi connectivity index (χ4v) is 0.742. The van der Waals surface area contributed by atoms with Crippen LogP contribution in [0.25, 0.3) is 0 Å². The van der Waals surface area contributed by atoms with Crippen molar-refractivity contribution in [3.8, 4) is 17.2 Å². The Kier molecular flexibility index (Phi) is 2.54. The second kappa shape index (κ2) is 3.62. The number of aromatic hydroxyl groups is 2. The van der Waals surface area contributed by atoms with Crippen LogP contribution in [0.4, 0.5) is 0 Å². The van der Waals surface area contributed by atoms with Crippen molar-refractivity contribution >= 4 is 5.97 Å². The van der Waals surface area contributed by atoms with Crippen LogP contribution in [0.3, 0.4) is 0 Å². The number of hydrogen-bond donors (Lipinski definition) is 2. The standard InChI is InChI=1S/C9H8O4/c1-2-9(12)13-8-4-3-6(10)5-7(8)11/h2-5,10-11H,1H2. The Morgan fingerprint density at radius 1 is 1.46 bits per heavy atom. The lowest BCUT2D eigenvalue weighted by molar-refractivity contribution is -0.129. The van der Waals surface area contributed by atoms with E-state index in [2.05, 4.69) is 11.3 Å². The van der Waals surface area contributed by atoms with E-state index in [-0.39, 0.29) is 17.2 Å². The molecule has 0 spiro atoms. The summed E-state index contributed by atoms with van der Waals surface area (Å²) in [5.41, 5.74) is 0. The lowest BCUT2D eigenvalue weighted by atomic mass is 10.3. The predicted molar refractivity (Wildman–Crippen MR) is 45.6 cm³/mol. The van der Waals surface area contributed by atoms with Crippen LogP contribution in [-0.2, 0) is 4.79 Å². The second-order valence-corrected chi connectivity index (χ2v) is 2.28. The maximum absolute atomic E-state index is 10.7. The van der Waals surface area contributed by atoms with Gasteiger partial charge in [-0.1, -0.05) is 6.58 Å². The van der Waals surface area contributed by atoms with Crippen LogP contribution in [0.2, 0.25) is 0 Å². The van der Waals surface area contributed by atoms with Crippen LogP contribution in [-0.4, -0.2) is 16.2 Å². The van der Waals surface area contributed by atoms with Gasteiger partial charge in [0.05, 0.1) is 0 Å². The first-order valence-corrected chi connectivity index (χ1v) is 3.49. The summed E-state index contributed by atoms with van der Waals surface area (Å²) in [6.45, 7) is 3.20. The van der Waals surface area contributed by atoms with Crippen molar-refractivity contribution in [3.63, 3.8) is 0 Å². The van der Waals surface area contributed by atoms with E-state index >= 15 is 0 Å². The molecule has 0 fully saturated rings. The maximum Gasteiger partial charge on any atom is 0.335 e. The number of phenols is 2. The molecule has 1 rings (SSSR count). The highest BCUT2D eigenvalue weighted by atomic mass is 16.5. The second-order valence-electron chi connectivity index (χ2n) is 2.28. The van der Waals surface area contributed by atoms with Gasteiger partial charge in [-0.2, -0.15) is 0 Å². The first-order chi connectivity index (χ1) is 6.13. The van der Waals surface area contributed by atoms with E-state index in [0.29, 0.717) is 0 Å². The van der Waals surface area contributed by atoms with Crippen LogP contribution in [0.1, 0.15) is 0 Å². The van der Waals surface area contributed by atoms with Gasteiger partial charge in [-0.05, 0) is 12.1 Å². The minimum atomic E-state index is -0.666.